The number of aliphatic hydroxyl groups is 1. The largest absolute Gasteiger partial charge is 0.389 e. The van der Waals surface area contributed by atoms with Crippen molar-refractivity contribution in [2.45, 2.75) is 70.3 Å². The van der Waals surface area contributed by atoms with Gasteiger partial charge in [-0.1, -0.05) is 26.2 Å². The maximum atomic E-state index is 11.4. The van der Waals surface area contributed by atoms with Gasteiger partial charge in [-0.05, 0) is 74.0 Å². The molecule has 0 aliphatic heterocycles. The van der Waals surface area contributed by atoms with E-state index in [-0.39, 0.29) is 5.60 Å². The number of hydrogen-bond acceptors (Lipinski definition) is 1. The average Bonchev–Trinajstić information content (AvgIpc) is 2.99. The summed E-state index contributed by atoms with van der Waals surface area (Å²) in [4.78, 5) is 0. The minimum atomic E-state index is -0.245. The molecule has 4 aliphatic carbocycles. The Morgan fingerprint density at radius 3 is 2.56 bits per heavy atom. The monoisotopic (exact) mass is 248 g/mol. The molecular formula is C17H28O. The molecule has 0 saturated heterocycles. The summed E-state index contributed by atoms with van der Waals surface area (Å²) < 4.78 is 0. The van der Waals surface area contributed by atoms with Crippen molar-refractivity contribution < 1.29 is 5.11 Å². The van der Waals surface area contributed by atoms with Crippen molar-refractivity contribution in [3.05, 3.63) is 0 Å². The molecule has 0 radical (unpaired) electrons. The van der Waals surface area contributed by atoms with Crippen LogP contribution in [0.4, 0.5) is 0 Å². The van der Waals surface area contributed by atoms with Crippen LogP contribution in [-0.4, -0.2) is 10.7 Å². The van der Waals surface area contributed by atoms with Gasteiger partial charge in [-0.2, -0.15) is 0 Å². The second-order valence-corrected chi connectivity index (χ2v) is 8.02. The SMILES string of the molecule is CC1CCCC(C2(O)CC3CC2C2CCCC32)C1. The zero-order valence-electron chi connectivity index (χ0n) is 11.8. The standard InChI is InChI=1S/C17H28O/c1-11-4-2-5-13(8-11)17(18)10-12-9-16(17)15-7-3-6-14(12)15/h11-16,18H,2-10H2,1H3. The highest BCUT2D eigenvalue weighted by molar-refractivity contribution is 5.12. The van der Waals surface area contributed by atoms with E-state index >= 15 is 0 Å². The van der Waals surface area contributed by atoms with Gasteiger partial charge < -0.3 is 5.11 Å². The molecule has 0 aromatic carbocycles. The minimum Gasteiger partial charge on any atom is -0.389 e. The highest BCUT2D eigenvalue weighted by Crippen LogP contribution is 2.65. The first kappa shape index (κ1) is 11.8. The summed E-state index contributed by atoms with van der Waals surface area (Å²) >= 11 is 0. The van der Waals surface area contributed by atoms with Crippen molar-refractivity contribution in [3.8, 4) is 0 Å². The molecule has 0 spiro atoms. The molecule has 4 saturated carbocycles. The van der Waals surface area contributed by atoms with Crippen LogP contribution < -0.4 is 0 Å². The predicted molar refractivity (Wildman–Crippen MR) is 73.1 cm³/mol. The molecule has 0 amide bonds. The lowest BCUT2D eigenvalue weighted by Crippen LogP contribution is -2.48. The lowest BCUT2D eigenvalue weighted by atomic mass is 9.63. The van der Waals surface area contributed by atoms with Crippen LogP contribution in [0.1, 0.15) is 64.7 Å². The van der Waals surface area contributed by atoms with Crippen molar-refractivity contribution in [1.29, 1.82) is 0 Å². The molecule has 1 heteroatoms. The van der Waals surface area contributed by atoms with Crippen LogP contribution in [0.3, 0.4) is 0 Å². The molecule has 0 heterocycles. The Morgan fingerprint density at radius 1 is 0.944 bits per heavy atom. The summed E-state index contributed by atoms with van der Waals surface area (Å²) in [6.45, 7) is 2.39. The van der Waals surface area contributed by atoms with E-state index in [1.54, 1.807) is 0 Å². The lowest BCUT2D eigenvalue weighted by Gasteiger charge is -2.46. The maximum Gasteiger partial charge on any atom is 0.0709 e. The fourth-order valence-electron chi connectivity index (χ4n) is 6.52. The molecule has 2 bridgehead atoms. The summed E-state index contributed by atoms with van der Waals surface area (Å²) in [5.74, 6) is 4.99. The third-order valence-corrected chi connectivity index (χ3v) is 7.18. The Balaban J connectivity index is 1.57. The van der Waals surface area contributed by atoms with Crippen molar-refractivity contribution in [2.75, 3.05) is 0 Å². The van der Waals surface area contributed by atoms with Gasteiger partial charge in [0.15, 0.2) is 0 Å². The van der Waals surface area contributed by atoms with E-state index < -0.39 is 0 Å². The van der Waals surface area contributed by atoms with Crippen LogP contribution in [0.2, 0.25) is 0 Å². The molecule has 4 aliphatic rings. The summed E-state index contributed by atoms with van der Waals surface area (Å²) in [5, 5.41) is 11.4. The van der Waals surface area contributed by atoms with Crippen LogP contribution in [-0.2, 0) is 0 Å². The van der Waals surface area contributed by atoms with Crippen molar-refractivity contribution in [3.63, 3.8) is 0 Å². The van der Waals surface area contributed by atoms with Crippen LogP contribution in [0, 0.1) is 35.5 Å². The topological polar surface area (TPSA) is 20.2 Å². The van der Waals surface area contributed by atoms with Crippen molar-refractivity contribution in [1.82, 2.24) is 0 Å². The lowest BCUT2D eigenvalue weighted by molar-refractivity contribution is -0.105. The molecule has 7 unspecified atom stereocenters. The fraction of sp³-hybridized carbons (Fsp3) is 1.00. The Labute approximate surface area is 111 Å². The zero-order valence-corrected chi connectivity index (χ0v) is 11.8. The highest BCUT2D eigenvalue weighted by atomic mass is 16.3. The van der Waals surface area contributed by atoms with E-state index in [9.17, 15) is 5.11 Å². The summed E-state index contributed by atoms with van der Waals surface area (Å²) in [6, 6.07) is 0. The van der Waals surface area contributed by atoms with E-state index in [0.717, 1.165) is 30.1 Å². The second-order valence-electron chi connectivity index (χ2n) is 8.02. The van der Waals surface area contributed by atoms with E-state index in [1.165, 1.54) is 51.4 Å². The van der Waals surface area contributed by atoms with E-state index in [0.29, 0.717) is 11.8 Å². The first-order chi connectivity index (χ1) is 8.68. The molecule has 4 rings (SSSR count). The maximum absolute atomic E-state index is 11.4. The van der Waals surface area contributed by atoms with Gasteiger partial charge in [0.1, 0.15) is 0 Å². The molecule has 1 nitrogen and oxygen atoms in total. The first-order valence-corrected chi connectivity index (χ1v) is 8.41. The van der Waals surface area contributed by atoms with Crippen LogP contribution in [0.25, 0.3) is 0 Å². The number of hydrogen-bond donors (Lipinski definition) is 1. The predicted octanol–water partition coefficient (Wildman–Crippen LogP) is 4.00. The Bertz CT molecular complexity index is 339. The number of fused-ring (bicyclic) bond motifs is 5. The van der Waals surface area contributed by atoms with Crippen LogP contribution in [0.15, 0.2) is 0 Å². The van der Waals surface area contributed by atoms with Gasteiger partial charge in [0.2, 0.25) is 0 Å². The molecule has 1 N–H and O–H groups in total. The molecule has 7 atom stereocenters. The van der Waals surface area contributed by atoms with Gasteiger partial charge in [0, 0.05) is 0 Å². The number of rotatable bonds is 1. The minimum absolute atomic E-state index is 0.245. The normalized spacial score (nSPS) is 59.0. The van der Waals surface area contributed by atoms with Crippen LogP contribution in [0.5, 0.6) is 0 Å². The summed E-state index contributed by atoms with van der Waals surface area (Å²) in [5.41, 5.74) is -0.245. The average molecular weight is 248 g/mol. The van der Waals surface area contributed by atoms with Crippen molar-refractivity contribution in [2.24, 2.45) is 35.5 Å². The first-order valence-electron chi connectivity index (χ1n) is 8.41. The summed E-state index contributed by atoms with van der Waals surface area (Å²) in [6.07, 6.45) is 12.2. The van der Waals surface area contributed by atoms with Crippen LogP contribution >= 0.6 is 0 Å². The van der Waals surface area contributed by atoms with E-state index in [2.05, 4.69) is 6.92 Å². The van der Waals surface area contributed by atoms with E-state index in [1.807, 2.05) is 0 Å². The summed E-state index contributed by atoms with van der Waals surface area (Å²) in [7, 11) is 0. The fourth-order valence-corrected chi connectivity index (χ4v) is 6.52. The Kier molecular flexibility index (Phi) is 2.60. The highest BCUT2D eigenvalue weighted by Gasteiger charge is 2.62. The molecule has 18 heavy (non-hydrogen) atoms. The van der Waals surface area contributed by atoms with Gasteiger partial charge in [-0.3, -0.25) is 0 Å². The quantitative estimate of drug-likeness (QED) is 0.743. The van der Waals surface area contributed by atoms with Gasteiger partial charge >= 0.3 is 0 Å². The van der Waals surface area contributed by atoms with Gasteiger partial charge in [0.05, 0.1) is 5.60 Å². The zero-order chi connectivity index (χ0) is 12.3. The second kappa shape index (κ2) is 3.98. The van der Waals surface area contributed by atoms with E-state index in [4.69, 9.17) is 0 Å². The van der Waals surface area contributed by atoms with Gasteiger partial charge in [-0.15, -0.1) is 0 Å². The van der Waals surface area contributed by atoms with Gasteiger partial charge in [-0.25, -0.2) is 0 Å². The van der Waals surface area contributed by atoms with Gasteiger partial charge in [0.25, 0.3) is 0 Å². The molecule has 0 aromatic rings. The molecular weight excluding hydrogens is 220 g/mol. The Morgan fingerprint density at radius 2 is 1.72 bits per heavy atom. The van der Waals surface area contributed by atoms with Crippen molar-refractivity contribution >= 4 is 0 Å². The third-order valence-electron chi connectivity index (χ3n) is 7.18. The molecule has 102 valence electrons. The molecule has 4 fully saturated rings. The smallest absolute Gasteiger partial charge is 0.0709 e. The Hall–Kier alpha value is -0.0400. The molecule has 0 aromatic heterocycles. The third kappa shape index (κ3) is 1.49.